The van der Waals surface area contributed by atoms with Gasteiger partial charge >= 0.3 is 0 Å². The SMILES string of the molecule is NC1CCCCC/C=C\C2CC2(C(=O)NS(=O)(=O)C2CC2)NC(=O)C2CC(OC3CC4C(=O)NC5(C(=O)NS(=O)(=O)C6CC6)CC5/C=C\CCCCCC(N)C(=O)N4C3)CN2C1=O. The molecule has 8 N–H and O–H groups in total. The minimum atomic E-state index is -3.93. The number of nitrogens with one attached hydrogen (secondary N) is 4. The van der Waals surface area contributed by atoms with E-state index in [2.05, 4.69) is 20.1 Å². The number of rotatable bonds is 8. The third-order valence-corrected chi connectivity index (χ3v) is 17.8. The number of carbonyl (C=O) groups excluding carboxylic acids is 6. The van der Waals surface area contributed by atoms with E-state index in [-0.39, 0.29) is 38.8 Å². The van der Waals surface area contributed by atoms with E-state index >= 15 is 0 Å². The lowest BCUT2D eigenvalue weighted by Gasteiger charge is -2.28. The smallest absolute Gasteiger partial charge is 0.259 e. The standard InChI is InChI=1S/C42H62N8O11S2/c43-31-13-9-5-1-3-7-11-25-21-41(25,39(55)47-62(57,58)29-15-16-29)45-35(51)33-19-27(23-49(33)37(31)53)61-28-20-34-36(52)46-42(40(56)48-63(59,60)30-17-18-30)22-26(42)12-8-4-2-6-10-14-32(44)38(54)50(34)24-28/h7-8,11-12,25-34H,1-6,9-10,13-24,43-44H2,(H,45,51)(H,46,52)(H,47,55)(H,48,56)/b11-7-,12-8-. The Bertz CT molecular complexity index is 2000. The summed E-state index contributed by atoms with van der Waals surface area (Å²) in [5.41, 5.74) is 9.79. The molecule has 19 nitrogen and oxygen atoms in total. The Kier molecular flexibility index (Phi) is 12.9. The van der Waals surface area contributed by atoms with Crippen LogP contribution in [0.1, 0.15) is 116 Å². The Morgan fingerprint density at radius 1 is 0.619 bits per heavy atom. The molecule has 4 heterocycles. The van der Waals surface area contributed by atoms with Crippen molar-refractivity contribution in [3.63, 3.8) is 0 Å². The molecular formula is C42H62N8O11S2. The molecule has 8 aliphatic rings. The highest BCUT2D eigenvalue weighted by Crippen LogP contribution is 2.47. The average molecular weight is 919 g/mol. The number of nitrogens with zero attached hydrogens (tertiary/aromatic N) is 2. The first-order valence-corrected chi connectivity index (χ1v) is 25.9. The van der Waals surface area contributed by atoms with Crippen LogP contribution < -0.4 is 31.5 Å². The lowest BCUT2D eigenvalue weighted by molar-refractivity contribution is -0.140. The Hall–Kier alpha value is -3.92. The van der Waals surface area contributed by atoms with Crippen LogP contribution in [0.15, 0.2) is 24.3 Å². The number of sulfonamides is 2. The van der Waals surface area contributed by atoms with E-state index < -0.39 is 125 Å². The highest BCUT2D eigenvalue weighted by Gasteiger charge is 2.63. The maximum Gasteiger partial charge on any atom is 0.259 e. The van der Waals surface area contributed by atoms with Gasteiger partial charge in [-0.15, -0.1) is 0 Å². The summed E-state index contributed by atoms with van der Waals surface area (Å²) < 4.78 is 62.3. The molecule has 4 aliphatic carbocycles. The maximum atomic E-state index is 14.3. The first kappa shape index (κ1) is 45.6. The normalized spacial score (nSPS) is 38.1. The summed E-state index contributed by atoms with van der Waals surface area (Å²) in [6, 6.07) is -4.12. The molecule has 8 rings (SSSR count). The number of fused-ring (bicyclic) bond motifs is 4. The Balaban J connectivity index is 1.01. The second-order valence-corrected chi connectivity index (χ2v) is 23.0. The molecule has 2 saturated heterocycles. The quantitative estimate of drug-likeness (QED) is 0.169. The highest BCUT2D eigenvalue weighted by atomic mass is 32.2. The number of amides is 6. The third kappa shape index (κ3) is 9.86. The monoisotopic (exact) mass is 918 g/mol. The summed E-state index contributed by atoms with van der Waals surface area (Å²) in [4.78, 5) is 86.8. The third-order valence-electron chi connectivity index (χ3n) is 14.2. The minimum absolute atomic E-state index is 0.0174. The minimum Gasteiger partial charge on any atom is -0.371 e. The number of carbonyl (C=O) groups is 6. The van der Waals surface area contributed by atoms with E-state index in [1.54, 1.807) is 0 Å². The number of hydrogen-bond acceptors (Lipinski definition) is 13. The first-order valence-electron chi connectivity index (χ1n) is 22.8. The van der Waals surface area contributed by atoms with Crippen LogP contribution in [0.2, 0.25) is 0 Å². The van der Waals surface area contributed by atoms with Gasteiger partial charge in [0.1, 0.15) is 23.2 Å². The summed E-state index contributed by atoms with van der Waals surface area (Å²) in [5.74, 6) is -4.85. The molecular weight excluding hydrogens is 857 g/mol. The van der Waals surface area contributed by atoms with Crippen molar-refractivity contribution in [1.82, 2.24) is 29.9 Å². The van der Waals surface area contributed by atoms with E-state index in [4.69, 9.17) is 16.2 Å². The lowest BCUT2D eigenvalue weighted by Crippen LogP contribution is -2.57. The van der Waals surface area contributed by atoms with Gasteiger partial charge in [0.15, 0.2) is 0 Å². The van der Waals surface area contributed by atoms with Crippen LogP contribution in [-0.4, -0.2) is 133 Å². The summed E-state index contributed by atoms with van der Waals surface area (Å²) in [7, 11) is -7.86. The fourth-order valence-electron chi connectivity index (χ4n) is 9.78. The van der Waals surface area contributed by atoms with Gasteiger partial charge in [0, 0.05) is 37.8 Å². The Morgan fingerprint density at radius 2 is 1.02 bits per heavy atom. The fourth-order valence-corrected chi connectivity index (χ4v) is 12.5. The maximum absolute atomic E-state index is 14.3. The van der Waals surface area contributed by atoms with Crippen LogP contribution in [0.4, 0.5) is 0 Å². The first-order chi connectivity index (χ1) is 29.9. The van der Waals surface area contributed by atoms with Gasteiger partial charge < -0.3 is 36.6 Å². The van der Waals surface area contributed by atoms with Gasteiger partial charge in [0.2, 0.25) is 43.7 Å². The molecule has 21 heteroatoms. The molecule has 63 heavy (non-hydrogen) atoms. The second-order valence-electron chi connectivity index (χ2n) is 19.1. The molecule has 10 unspecified atom stereocenters. The number of nitrogens with two attached hydrogens (primary N) is 2. The Morgan fingerprint density at radius 3 is 1.40 bits per heavy atom. The molecule has 0 aromatic carbocycles. The van der Waals surface area contributed by atoms with E-state index in [9.17, 15) is 45.6 Å². The Labute approximate surface area is 368 Å². The summed E-state index contributed by atoms with van der Waals surface area (Å²) in [5, 5.41) is 4.36. The molecule has 0 bridgehead atoms. The largest absolute Gasteiger partial charge is 0.371 e. The van der Waals surface area contributed by atoms with Gasteiger partial charge in [-0.3, -0.25) is 38.2 Å². The number of allylic oxidation sites excluding steroid dienone is 2. The molecule has 0 spiro atoms. The van der Waals surface area contributed by atoms with Crippen molar-refractivity contribution in [2.75, 3.05) is 13.1 Å². The zero-order chi connectivity index (χ0) is 44.9. The van der Waals surface area contributed by atoms with E-state index in [1.807, 2.05) is 24.3 Å². The zero-order valence-corrected chi connectivity index (χ0v) is 37.2. The van der Waals surface area contributed by atoms with Crippen LogP contribution in [0.25, 0.3) is 0 Å². The number of ether oxygens (including phenoxy) is 1. The van der Waals surface area contributed by atoms with Crippen LogP contribution in [0.5, 0.6) is 0 Å². The molecule has 0 radical (unpaired) electrons. The molecule has 348 valence electrons. The van der Waals surface area contributed by atoms with Crippen molar-refractivity contribution < 1.29 is 50.3 Å². The van der Waals surface area contributed by atoms with E-state index in [0.717, 1.165) is 25.7 Å². The van der Waals surface area contributed by atoms with Crippen molar-refractivity contribution >= 4 is 55.5 Å². The van der Waals surface area contributed by atoms with Crippen molar-refractivity contribution in [3.05, 3.63) is 24.3 Å². The number of hydrogen-bond donors (Lipinski definition) is 6. The molecule has 4 saturated carbocycles. The van der Waals surface area contributed by atoms with Crippen molar-refractivity contribution in [2.24, 2.45) is 23.3 Å². The van der Waals surface area contributed by atoms with Gasteiger partial charge in [-0.2, -0.15) is 0 Å². The van der Waals surface area contributed by atoms with Crippen molar-refractivity contribution in [3.8, 4) is 0 Å². The second kappa shape index (κ2) is 17.8. The summed E-state index contributed by atoms with van der Waals surface area (Å²) in [6.45, 7) is -0.117. The van der Waals surface area contributed by atoms with Crippen LogP contribution in [0, 0.1) is 11.8 Å². The van der Waals surface area contributed by atoms with Crippen molar-refractivity contribution in [1.29, 1.82) is 0 Å². The van der Waals surface area contributed by atoms with Crippen LogP contribution in [0.3, 0.4) is 0 Å². The summed E-state index contributed by atoms with van der Waals surface area (Å²) >= 11 is 0. The van der Waals surface area contributed by atoms with Gasteiger partial charge in [-0.05, 0) is 77.0 Å². The van der Waals surface area contributed by atoms with Gasteiger partial charge in [0.25, 0.3) is 11.8 Å². The molecule has 0 aromatic heterocycles. The van der Waals surface area contributed by atoms with E-state index in [0.29, 0.717) is 64.2 Å². The van der Waals surface area contributed by atoms with Gasteiger partial charge in [-0.1, -0.05) is 50.0 Å². The summed E-state index contributed by atoms with van der Waals surface area (Å²) in [6.07, 6.45) is 14.8. The van der Waals surface area contributed by atoms with Crippen LogP contribution in [-0.2, 0) is 53.6 Å². The molecule has 10 atom stereocenters. The average Bonchev–Trinajstić information content (AvgIpc) is 4.05. The predicted molar refractivity (Wildman–Crippen MR) is 227 cm³/mol. The van der Waals surface area contributed by atoms with Gasteiger partial charge in [-0.25, -0.2) is 16.8 Å². The van der Waals surface area contributed by atoms with Crippen molar-refractivity contribution in [2.45, 2.75) is 174 Å². The predicted octanol–water partition coefficient (Wildman–Crippen LogP) is -0.396. The molecule has 0 aromatic rings. The zero-order valence-electron chi connectivity index (χ0n) is 35.6. The van der Waals surface area contributed by atoms with Crippen LogP contribution >= 0.6 is 0 Å². The molecule has 4 aliphatic heterocycles. The lowest BCUT2D eigenvalue weighted by atomic mass is 10.1. The van der Waals surface area contributed by atoms with E-state index in [1.165, 1.54) is 9.80 Å². The molecule has 6 fully saturated rings. The topological polar surface area (TPSA) is 287 Å². The van der Waals surface area contributed by atoms with Gasteiger partial charge in [0.05, 0.1) is 34.8 Å². The fraction of sp³-hybridized carbons (Fsp3) is 0.762. The highest BCUT2D eigenvalue weighted by molar-refractivity contribution is 7.91. The molecule has 6 amide bonds.